The molecule has 1 N–H and O–H groups in total. The number of nitrogens with one attached hydrogen (secondary N) is 1. The SMILES string of the molecule is Cc1cc(NC(=O)CCC2CCCC2)n(-c2nc(-c3ccc4c(c3)OCO4)cs2)n1. The Bertz CT molecular complexity index is 1070. The molecule has 3 heterocycles. The van der Waals surface area contributed by atoms with Gasteiger partial charge in [-0.1, -0.05) is 25.7 Å². The van der Waals surface area contributed by atoms with Crippen LogP contribution in [-0.2, 0) is 4.79 Å². The fourth-order valence-electron chi connectivity index (χ4n) is 4.12. The quantitative estimate of drug-likeness (QED) is 0.606. The fourth-order valence-corrected chi connectivity index (χ4v) is 4.92. The summed E-state index contributed by atoms with van der Waals surface area (Å²) in [4.78, 5) is 17.2. The van der Waals surface area contributed by atoms with E-state index < -0.39 is 0 Å². The largest absolute Gasteiger partial charge is 0.454 e. The van der Waals surface area contributed by atoms with Gasteiger partial charge in [-0.15, -0.1) is 11.3 Å². The summed E-state index contributed by atoms with van der Waals surface area (Å²) in [7, 11) is 0. The van der Waals surface area contributed by atoms with Gasteiger partial charge in [0, 0.05) is 23.4 Å². The lowest BCUT2D eigenvalue weighted by atomic mass is 10.0. The molecule has 1 saturated carbocycles. The smallest absolute Gasteiger partial charge is 0.231 e. The molecular formula is C22H24N4O3S. The molecule has 7 nitrogen and oxygen atoms in total. The summed E-state index contributed by atoms with van der Waals surface area (Å²) < 4.78 is 12.6. The average molecular weight is 425 g/mol. The van der Waals surface area contributed by atoms with E-state index in [9.17, 15) is 4.79 Å². The number of aryl methyl sites for hydroxylation is 1. The Labute approximate surface area is 179 Å². The summed E-state index contributed by atoms with van der Waals surface area (Å²) in [5.74, 6) is 2.88. The van der Waals surface area contributed by atoms with Crippen LogP contribution in [0, 0.1) is 12.8 Å². The van der Waals surface area contributed by atoms with Crippen LogP contribution in [0.3, 0.4) is 0 Å². The van der Waals surface area contributed by atoms with Crippen molar-refractivity contribution in [2.24, 2.45) is 5.92 Å². The maximum Gasteiger partial charge on any atom is 0.231 e. The molecule has 1 aliphatic carbocycles. The second kappa shape index (κ2) is 8.10. The Morgan fingerprint density at radius 1 is 1.23 bits per heavy atom. The van der Waals surface area contributed by atoms with Crippen molar-refractivity contribution in [1.29, 1.82) is 0 Å². The molecule has 0 spiro atoms. The summed E-state index contributed by atoms with van der Waals surface area (Å²) in [6.07, 6.45) is 6.62. The molecule has 1 aromatic carbocycles. The van der Waals surface area contributed by atoms with Crippen molar-refractivity contribution in [1.82, 2.24) is 14.8 Å². The molecule has 2 aromatic heterocycles. The van der Waals surface area contributed by atoms with Gasteiger partial charge in [0.15, 0.2) is 11.5 Å². The highest BCUT2D eigenvalue weighted by atomic mass is 32.1. The van der Waals surface area contributed by atoms with Gasteiger partial charge in [-0.25, -0.2) is 4.98 Å². The van der Waals surface area contributed by atoms with Crippen molar-refractivity contribution in [2.75, 3.05) is 12.1 Å². The lowest BCUT2D eigenvalue weighted by molar-refractivity contribution is -0.116. The predicted molar refractivity (Wildman–Crippen MR) is 115 cm³/mol. The minimum Gasteiger partial charge on any atom is -0.454 e. The molecule has 1 fully saturated rings. The molecule has 0 unspecified atom stereocenters. The van der Waals surface area contributed by atoms with E-state index in [2.05, 4.69) is 10.4 Å². The number of carbonyl (C=O) groups excluding carboxylic acids is 1. The van der Waals surface area contributed by atoms with E-state index in [4.69, 9.17) is 14.5 Å². The molecule has 0 saturated heterocycles. The van der Waals surface area contributed by atoms with Crippen molar-refractivity contribution in [3.05, 3.63) is 35.3 Å². The van der Waals surface area contributed by atoms with Crippen LogP contribution < -0.4 is 14.8 Å². The number of fused-ring (bicyclic) bond motifs is 1. The van der Waals surface area contributed by atoms with Crippen LogP contribution in [0.2, 0.25) is 0 Å². The average Bonchev–Trinajstić information content (AvgIpc) is 3.52. The first-order valence-corrected chi connectivity index (χ1v) is 11.3. The Balaban J connectivity index is 1.32. The van der Waals surface area contributed by atoms with Gasteiger partial charge < -0.3 is 14.8 Å². The van der Waals surface area contributed by atoms with Crippen LogP contribution in [0.25, 0.3) is 16.4 Å². The molecular weight excluding hydrogens is 400 g/mol. The van der Waals surface area contributed by atoms with Crippen LogP contribution in [0.1, 0.15) is 44.2 Å². The highest BCUT2D eigenvalue weighted by Gasteiger charge is 2.19. The third-order valence-corrected chi connectivity index (χ3v) is 6.51. The molecule has 1 aliphatic heterocycles. The van der Waals surface area contributed by atoms with Gasteiger partial charge in [-0.3, -0.25) is 4.79 Å². The first kappa shape index (κ1) is 19.1. The monoisotopic (exact) mass is 424 g/mol. The van der Waals surface area contributed by atoms with E-state index >= 15 is 0 Å². The number of hydrogen-bond donors (Lipinski definition) is 1. The number of aromatic nitrogens is 3. The fraction of sp³-hybridized carbons (Fsp3) is 0.409. The standard InChI is InChI=1S/C22H24N4O3S/c1-14-10-20(24-21(27)9-6-15-4-2-3-5-15)26(25-14)22-23-17(12-30-22)16-7-8-18-19(11-16)29-13-28-18/h7-8,10-12,15H,2-6,9,13H2,1H3,(H,24,27). The number of anilines is 1. The maximum atomic E-state index is 12.5. The van der Waals surface area contributed by atoms with E-state index in [1.165, 1.54) is 37.0 Å². The number of rotatable bonds is 6. The van der Waals surface area contributed by atoms with Gasteiger partial charge in [-0.2, -0.15) is 9.78 Å². The van der Waals surface area contributed by atoms with Crippen molar-refractivity contribution < 1.29 is 14.3 Å². The summed E-state index contributed by atoms with van der Waals surface area (Å²) in [5.41, 5.74) is 2.62. The molecule has 0 bridgehead atoms. The number of nitrogens with zero attached hydrogens (tertiary/aromatic N) is 3. The van der Waals surface area contributed by atoms with E-state index in [1.807, 2.05) is 36.6 Å². The van der Waals surface area contributed by atoms with Gasteiger partial charge in [0.05, 0.1) is 11.4 Å². The van der Waals surface area contributed by atoms with Gasteiger partial charge in [-0.05, 0) is 37.5 Å². The predicted octanol–water partition coefficient (Wildman–Crippen LogP) is 4.94. The summed E-state index contributed by atoms with van der Waals surface area (Å²) >= 11 is 1.49. The van der Waals surface area contributed by atoms with Crippen LogP contribution in [0.5, 0.6) is 11.5 Å². The number of carbonyl (C=O) groups is 1. The normalized spacial score (nSPS) is 15.6. The Morgan fingerprint density at radius 2 is 2.07 bits per heavy atom. The molecule has 0 radical (unpaired) electrons. The highest BCUT2D eigenvalue weighted by Crippen LogP contribution is 2.36. The topological polar surface area (TPSA) is 78.3 Å². The van der Waals surface area contributed by atoms with Crippen molar-refractivity contribution in [3.8, 4) is 27.9 Å². The number of amides is 1. The van der Waals surface area contributed by atoms with E-state index in [-0.39, 0.29) is 12.7 Å². The number of ether oxygens (including phenoxy) is 2. The highest BCUT2D eigenvalue weighted by molar-refractivity contribution is 7.12. The number of benzene rings is 1. The van der Waals surface area contributed by atoms with Crippen molar-refractivity contribution in [2.45, 2.75) is 45.4 Å². The van der Waals surface area contributed by atoms with E-state index in [0.717, 1.165) is 34.9 Å². The maximum absolute atomic E-state index is 12.5. The summed E-state index contributed by atoms with van der Waals surface area (Å²) in [6.45, 7) is 2.16. The third kappa shape index (κ3) is 3.92. The summed E-state index contributed by atoms with van der Waals surface area (Å²) in [6, 6.07) is 7.67. The minimum atomic E-state index is 0.0376. The molecule has 8 heteroatoms. The lowest BCUT2D eigenvalue weighted by Crippen LogP contribution is -2.15. The van der Waals surface area contributed by atoms with Gasteiger partial charge >= 0.3 is 0 Å². The second-order valence-electron chi connectivity index (χ2n) is 7.90. The molecule has 1 amide bonds. The number of hydrogen-bond acceptors (Lipinski definition) is 6. The third-order valence-electron chi connectivity index (χ3n) is 5.69. The van der Waals surface area contributed by atoms with Gasteiger partial charge in [0.2, 0.25) is 17.8 Å². The molecule has 3 aromatic rings. The molecule has 2 aliphatic rings. The van der Waals surface area contributed by atoms with Crippen molar-refractivity contribution in [3.63, 3.8) is 0 Å². The first-order valence-electron chi connectivity index (χ1n) is 10.4. The summed E-state index contributed by atoms with van der Waals surface area (Å²) in [5, 5.41) is 10.3. The second-order valence-corrected chi connectivity index (χ2v) is 8.74. The Hall–Kier alpha value is -2.87. The van der Waals surface area contributed by atoms with Crippen LogP contribution in [0.15, 0.2) is 29.6 Å². The Kier molecular flexibility index (Phi) is 5.16. The zero-order valence-corrected chi connectivity index (χ0v) is 17.7. The minimum absolute atomic E-state index is 0.0376. The molecule has 156 valence electrons. The van der Waals surface area contributed by atoms with Gasteiger partial charge in [0.25, 0.3) is 0 Å². The van der Waals surface area contributed by atoms with Crippen molar-refractivity contribution >= 4 is 23.1 Å². The molecule has 30 heavy (non-hydrogen) atoms. The first-order chi connectivity index (χ1) is 14.7. The van der Waals surface area contributed by atoms with Crippen LogP contribution in [0.4, 0.5) is 5.82 Å². The Morgan fingerprint density at radius 3 is 2.93 bits per heavy atom. The van der Waals surface area contributed by atoms with Crippen LogP contribution >= 0.6 is 11.3 Å². The zero-order valence-electron chi connectivity index (χ0n) is 16.9. The number of thiazole rings is 1. The van der Waals surface area contributed by atoms with E-state index in [0.29, 0.717) is 23.3 Å². The lowest BCUT2D eigenvalue weighted by Gasteiger charge is -2.09. The van der Waals surface area contributed by atoms with E-state index in [1.54, 1.807) is 4.68 Å². The molecule has 5 rings (SSSR count). The van der Waals surface area contributed by atoms with Gasteiger partial charge in [0.1, 0.15) is 5.82 Å². The molecule has 0 atom stereocenters. The van der Waals surface area contributed by atoms with Crippen LogP contribution in [-0.4, -0.2) is 27.5 Å². The zero-order chi connectivity index (χ0) is 20.5.